The lowest BCUT2D eigenvalue weighted by atomic mass is 9.74. The van der Waals surface area contributed by atoms with E-state index in [0.717, 1.165) is 38.1 Å². The molecule has 1 saturated heterocycles. The molecule has 35 heavy (non-hydrogen) atoms. The van der Waals surface area contributed by atoms with Crippen LogP contribution in [0.5, 0.6) is 11.5 Å². The van der Waals surface area contributed by atoms with E-state index in [0.29, 0.717) is 34.8 Å². The molecule has 0 unspecified atom stereocenters. The molecule has 1 N–H and O–H groups in total. The van der Waals surface area contributed by atoms with Crippen LogP contribution in [0.15, 0.2) is 66.7 Å². The minimum absolute atomic E-state index is 0.0746. The highest BCUT2D eigenvalue weighted by Gasteiger charge is 2.35. The van der Waals surface area contributed by atoms with Crippen molar-refractivity contribution in [2.24, 2.45) is 0 Å². The molecule has 1 heterocycles. The predicted octanol–water partition coefficient (Wildman–Crippen LogP) is 6.23. The summed E-state index contributed by atoms with van der Waals surface area (Å²) in [5, 5.41) is 3.38. The maximum atomic E-state index is 13.8. The van der Waals surface area contributed by atoms with E-state index >= 15 is 0 Å². The number of ether oxygens (including phenoxy) is 3. The summed E-state index contributed by atoms with van der Waals surface area (Å²) in [7, 11) is 2.97. The standard InChI is InChI=1S/C28H30F3NO3/c1-33-25-10-6-9-24(26(25)34-2)21-15-20(16-23(17-21)28(29,30)31)18-35-19-27(11-13-32-14-12-27)22-7-4-3-5-8-22/h3-10,15-17,32H,11-14,18-19H2,1-2H3. The van der Waals surface area contributed by atoms with E-state index in [1.807, 2.05) is 18.2 Å². The summed E-state index contributed by atoms with van der Waals surface area (Å²) in [5.74, 6) is 0.842. The predicted molar refractivity (Wildman–Crippen MR) is 130 cm³/mol. The summed E-state index contributed by atoms with van der Waals surface area (Å²) in [6, 6.07) is 19.4. The van der Waals surface area contributed by atoms with Gasteiger partial charge in [0.1, 0.15) is 0 Å². The lowest BCUT2D eigenvalue weighted by molar-refractivity contribution is -0.137. The molecule has 0 spiro atoms. The molecule has 1 aliphatic heterocycles. The fraction of sp³-hybridized carbons (Fsp3) is 0.357. The number of hydrogen-bond donors (Lipinski definition) is 1. The third-order valence-corrected chi connectivity index (χ3v) is 6.63. The van der Waals surface area contributed by atoms with Crippen LogP contribution < -0.4 is 14.8 Å². The number of para-hydroxylation sites is 1. The first-order valence-corrected chi connectivity index (χ1v) is 11.6. The molecule has 1 aliphatic rings. The monoisotopic (exact) mass is 485 g/mol. The molecule has 7 heteroatoms. The van der Waals surface area contributed by atoms with Crippen LogP contribution in [0.1, 0.15) is 29.5 Å². The van der Waals surface area contributed by atoms with Gasteiger partial charge in [0.2, 0.25) is 0 Å². The second-order valence-electron chi connectivity index (χ2n) is 8.85. The van der Waals surface area contributed by atoms with Gasteiger partial charge < -0.3 is 19.5 Å². The number of nitrogens with one attached hydrogen (secondary N) is 1. The molecule has 0 saturated carbocycles. The second kappa shape index (κ2) is 10.7. The molecule has 0 aliphatic carbocycles. The topological polar surface area (TPSA) is 39.7 Å². The number of alkyl halides is 3. The first-order chi connectivity index (χ1) is 16.9. The van der Waals surface area contributed by atoms with Crippen molar-refractivity contribution in [2.75, 3.05) is 33.9 Å². The average molecular weight is 486 g/mol. The molecule has 186 valence electrons. The van der Waals surface area contributed by atoms with Crippen molar-refractivity contribution in [3.05, 3.63) is 83.4 Å². The van der Waals surface area contributed by atoms with Crippen LogP contribution in [0.2, 0.25) is 0 Å². The highest BCUT2D eigenvalue weighted by molar-refractivity contribution is 5.75. The largest absolute Gasteiger partial charge is 0.493 e. The molecular weight excluding hydrogens is 455 g/mol. The first-order valence-electron chi connectivity index (χ1n) is 11.6. The Balaban J connectivity index is 1.63. The van der Waals surface area contributed by atoms with Crippen LogP contribution in [0.3, 0.4) is 0 Å². The van der Waals surface area contributed by atoms with Gasteiger partial charge in [-0.2, -0.15) is 13.2 Å². The van der Waals surface area contributed by atoms with Gasteiger partial charge in [0.25, 0.3) is 0 Å². The average Bonchev–Trinajstić information content (AvgIpc) is 2.88. The molecular formula is C28H30F3NO3. The smallest absolute Gasteiger partial charge is 0.416 e. The summed E-state index contributed by atoms with van der Waals surface area (Å²) in [4.78, 5) is 0. The Morgan fingerprint density at radius 3 is 2.29 bits per heavy atom. The van der Waals surface area contributed by atoms with Gasteiger partial charge in [-0.15, -0.1) is 0 Å². The number of hydrogen-bond acceptors (Lipinski definition) is 4. The van der Waals surface area contributed by atoms with E-state index in [-0.39, 0.29) is 12.0 Å². The first kappa shape index (κ1) is 25.1. The summed E-state index contributed by atoms with van der Waals surface area (Å²) < 4.78 is 58.3. The number of benzene rings is 3. The van der Waals surface area contributed by atoms with Gasteiger partial charge in [-0.25, -0.2) is 0 Å². The maximum absolute atomic E-state index is 13.8. The lowest BCUT2D eigenvalue weighted by Crippen LogP contribution is -2.43. The van der Waals surface area contributed by atoms with E-state index in [9.17, 15) is 13.2 Å². The summed E-state index contributed by atoms with van der Waals surface area (Å²) in [6.07, 6.45) is -2.67. The zero-order chi connectivity index (χ0) is 24.9. The van der Waals surface area contributed by atoms with Crippen LogP contribution in [-0.4, -0.2) is 33.9 Å². The molecule has 0 radical (unpaired) electrons. The fourth-order valence-electron chi connectivity index (χ4n) is 4.79. The summed E-state index contributed by atoms with van der Waals surface area (Å²) >= 11 is 0. The molecule has 0 amide bonds. The fourth-order valence-corrected chi connectivity index (χ4v) is 4.79. The summed E-state index contributed by atoms with van der Waals surface area (Å²) in [5.41, 5.74) is 1.70. The molecule has 0 bridgehead atoms. The number of methoxy groups -OCH3 is 2. The maximum Gasteiger partial charge on any atom is 0.416 e. The Bertz CT molecular complexity index is 1130. The van der Waals surface area contributed by atoms with Crippen LogP contribution >= 0.6 is 0 Å². The lowest BCUT2D eigenvalue weighted by Gasteiger charge is -2.38. The quantitative estimate of drug-likeness (QED) is 0.411. The minimum Gasteiger partial charge on any atom is -0.493 e. The third kappa shape index (κ3) is 5.63. The van der Waals surface area contributed by atoms with Gasteiger partial charge in [0.05, 0.1) is 33.0 Å². The molecule has 4 nitrogen and oxygen atoms in total. The van der Waals surface area contributed by atoms with Crippen LogP contribution in [-0.2, 0) is 22.9 Å². The molecule has 3 aromatic rings. The van der Waals surface area contributed by atoms with E-state index < -0.39 is 11.7 Å². The Hall–Kier alpha value is -3.03. The second-order valence-corrected chi connectivity index (χ2v) is 8.85. The van der Waals surface area contributed by atoms with Crippen molar-refractivity contribution in [3.63, 3.8) is 0 Å². The Morgan fingerprint density at radius 1 is 0.886 bits per heavy atom. The van der Waals surface area contributed by atoms with Gasteiger partial charge in [-0.3, -0.25) is 0 Å². The summed E-state index contributed by atoms with van der Waals surface area (Å²) in [6.45, 7) is 2.27. The molecule has 0 atom stereocenters. The van der Waals surface area contributed by atoms with Crippen molar-refractivity contribution in [1.82, 2.24) is 5.32 Å². The minimum atomic E-state index is -4.49. The highest BCUT2D eigenvalue weighted by Crippen LogP contribution is 2.41. The van der Waals surface area contributed by atoms with Gasteiger partial charge in [-0.1, -0.05) is 42.5 Å². The molecule has 4 rings (SSSR count). The van der Waals surface area contributed by atoms with E-state index in [4.69, 9.17) is 14.2 Å². The van der Waals surface area contributed by atoms with E-state index in [2.05, 4.69) is 17.4 Å². The van der Waals surface area contributed by atoms with Gasteiger partial charge >= 0.3 is 6.18 Å². The molecule has 0 aromatic heterocycles. The van der Waals surface area contributed by atoms with E-state index in [1.54, 1.807) is 24.3 Å². The van der Waals surface area contributed by atoms with Gasteiger partial charge in [-0.05, 0) is 66.9 Å². The molecule has 1 fully saturated rings. The van der Waals surface area contributed by atoms with Crippen LogP contribution in [0.25, 0.3) is 11.1 Å². The normalized spacial score (nSPS) is 15.6. The Kier molecular flexibility index (Phi) is 7.67. The van der Waals surface area contributed by atoms with Gasteiger partial charge in [0.15, 0.2) is 11.5 Å². The number of piperidine rings is 1. The van der Waals surface area contributed by atoms with Crippen molar-refractivity contribution in [1.29, 1.82) is 0 Å². The molecule has 3 aromatic carbocycles. The van der Waals surface area contributed by atoms with Gasteiger partial charge in [0, 0.05) is 11.0 Å². The van der Waals surface area contributed by atoms with Crippen LogP contribution in [0.4, 0.5) is 13.2 Å². The third-order valence-electron chi connectivity index (χ3n) is 6.63. The Labute approximate surface area is 204 Å². The zero-order valence-corrected chi connectivity index (χ0v) is 20.0. The van der Waals surface area contributed by atoms with Crippen molar-refractivity contribution < 1.29 is 27.4 Å². The number of rotatable bonds is 8. The van der Waals surface area contributed by atoms with Crippen molar-refractivity contribution in [3.8, 4) is 22.6 Å². The van der Waals surface area contributed by atoms with Crippen molar-refractivity contribution >= 4 is 0 Å². The van der Waals surface area contributed by atoms with E-state index in [1.165, 1.54) is 19.8 Å². The van der Waals surface area contributed by atoms with Crippen LogP contribution in [0, 0.1) is 0 Å². The number of halogens is 3. The zero-order valence-electron chi connectivity index (χ0n) is 20.0. The highest BCUT2D eigenvalue weighted by atomic mass is 19.4. The van der Waals surface area contributed by atoms with Crippen molar-refractivity contribution in [2.45, 2.75) is 31.0 Å². The Morgan fingerprint density at radius 2 is 1.63 bits per heavy atom. The SMILES string of the molecule is COc1cccc(-c2cc(COCC3(c4ccccc4)CCNCC3)cc(C(F)(F)F)c2)c1OC.